The van der Waals surface area contributed by atoms with E-state index in [-0.39, 0.29) is 35.3 Å². The maximum Gasteiger partial charge on any atom is 0.435 e. The lowest BCUT2D eigenvalue weighted by Gasteiger charge is -2.37. The number of fused-ring (bicyclic) bond motifs is 2. The van der Waals surface area contributed by atoms with Gasteiger partial charge >= 0.3 is 24.4 Å². The second kappa shape index (κ2) is 37.2. The molecule has 3 atom stereocenters. The number of alkyl halides is 2. The quantitative estimate of drug-likeness (QED) is 0.0120. The summed E-state index contributed by atoms with van der Waals surface area (Å²) in [5, 5.41) is 36.8. The molecule has 0 aliphatic carbocycles. The predicted molar refractivity (Wildman–Crippen MR) is 424 cm³/mol. The largest absolute Gasteiger partial charge is 0.444 e. The summed E-state index contributed by atoms with van der Waals surface area (Å²) < 4.78 is 23.0. The van der Waals surface area contributed by atoms with Gasteiger partial charge in [0, 0.05) is 137 Å². The van der Waals surface area contributed by atoms with Crippen molar-refractivity contribution < 1.29 is 38.1 Å². The number of anilines is 1. The Kier molecular flexibility index (Phi) is 28.0. The van der Waals surface area contributed by atoms with Crippen LogP contribution in [0, 0.1) is 17.8 Å². The summed E-state index contributed by atoms with van der Waals surface area (Å²) in [7, 11) is 0. The molecule has 576 valence electrons. The number of amides is 3. The normalized spacial score (nSPS) is 17.0. The molecule has 3 saturated heterocycles. The molecule has 5 aromatic heterocycles. The molecule has 0 bridgehead atoms. The number of nitrogens with zero attached hydrogens (tertiary/aromatic N) is 13. The van der Waals surface area contributed by atoms with Crippen LogP contribution in [0.25, 0.3) is 66.2 Å². The van der Waals surface area contributed by atoms with Crippen LogP contribution in [0.2, 0.25) is 0 Å². The van der Waals surface area contributed by atoms with Gasteiger partial charge in [-0.2, -0.15) is 14.9 Å². The number of H-pyrrole nitrogens is 1. The molecule has 8 N–H and O–H groups in total. The van der Waals surface area contributed by atoms with Crippen molar-refractivity contribution in [2.24, 2.45) is 5.11 Å². The summed E-state index contributed by atoms with van der Waals surface area (Å²) in [4.78, 5) is 67.7. The Labute approximate surface area is 645 Å². The molecule has 10 heterocycles. The van der Waals surface area contributed by atoms with Crippen molar-refractivity contribution in [1.82, 2.24) is 82.0 Å². The molecule has 0 spiro atoms. The highest BCUT2D eigenvalue weighted by Crippen LogP contribution is 2.34. The van der Waals surface area contributed by atoms with Gasteiger partial charge in [0.15, 0.2) is 0 Å². The van der Waals surface area contributed by atoms with Gasteiger partial charge in [-0.3, -0.25) is 40.8 Å². The zero-order valence-corrected chi connectivity index (χ0v) is 65.1. The Morgan fingerprint density at radius 3 is 1.72 bits per heavy atom. The number of halogens is 2. The molecule has 0 unspecified atom stereocenters. The van der Waals surface area contributed by atoms with Gasteiger partial charge in [-0.25, -0.2) is 19.2 Å². The lowest BCUT2D eigenvalue weighted by Crippen LogP contribution is -2.53. The van der Waals surface area contributed by atoms with Crippen molar-refractivity contribution in [3.8, 4) is 34.9 Å². The van der Waals surface area contributed by atoms with Crippen LogP contribution in [0.1, 0.15) is 149 Å². The van der Waals surface area contributed by atoms with E-state index in [0.717, 1.165) is 94.4 Å². The van der Waals surface area contributed by atoms with Gasteiger partial charge < -0.3 is 44.9 Å². The number of rotatable bonds is 10. The first-order valence-corrected chi connectivity index (χ1v) is 37.0. The summed E-state index contributed by atoms with van der Waals surface area (Å²) in [6.45, 7) is 26.5. The zero-order valence-electron chi connectivity index (χ0n) is 63.6. The van der Waals surface area contributed by atoms with Crippen molar-refractivity contribution in [2.75, 3.05) is 49.9 Å². The minimum Gasteiger partial charge on any atom is -0.444 e. The number of ether oxygens (including phenoxy) is 4. The van der Waals surface area contributed by atoms with Crippen molar-refractivity contribution >= 4 is 92.2 Å². The minimum absolute atomic E-state index is 0.0808. The molecule has 109 heavy (non-hydrogen) atoms. The lowest BCUT2D eigenvalue weighted by atomic mass is 9.99. The Bertz CT molecular complexity index is 4610. The predicted octanol–water partition coefficient (Wildman–Crippen LogP) is 14.8. The summed E-state index contributed by atoms with van der Waals surface area (Å²) in [5.41, 5.74) is 30.8. The summed E-state index contributed by atoms with van der Waals surface area (Å²) in [5.74, 6) is 2.54. The van der Waals surface area contributed by atoms with Crippen molar-refractivity contribution in [1.29, 1.82) is 5.41 Å². The number of benzene rings is 3. The Morgan fingerprint density at radius 2 is 1.16 bits per heavy atom. The number of likely N-dealkylation sites (tertiary alicyclic amines) is 2. The molecule has 3 fully saturated rings. The van der Waals surface area contributed by atoms with E-state index in [1.54, 1.807) is 98.1 Å². The number of hydrogen-bond donors (Lipinski definition) is 8. The average Bonchev–Trinajstić information content (AvgIpc) is 1.65. The van der Waals surface area contributed by atoms with Gasteiger partial charge in [-0.05, 0) is 213 Å². The third-order valence-electron chi connectivity index (χ3n) is 16.9. The fourth-order valence-electron chi connectivity index (χ4n) is 12.1. The highest BCUT2D eigenvalue weighted by Gasteiger charge is 2.34. The molecule has 0 radical (unpaired) electrons. The SMILES string of the molecule is C#Cc1ccc(NC(=O)OC(C)(C)C)c(C(=N)c2ccncc2)c1.C1=C(c2ccc3[nH]nc(-c4ccncc4)c3c2)NNN1[C@@H]1CCCNC1.CC(C)(C)OC(=O)N1CCC[C@@H](N2C=C(c3ccc4c(c3)c(-c3ccncc3)nn4C(=O)OC(C)(C)C)NN2)C1.CC(C)(C)OC(=O)N1CCC[C@@H](N=[N+]=[N-])C1.ClCCl. The van der Waals surface area contributed by atoms with Crippen molar-refractivity contribution in [3.05, 3.63) is 179 Å². The Morgan fingerprint density at radius 1 is 0.633 bits per heavy atom. The van der Waals surface area contributed by atoms with E-state index in [0.29, 0.717) is 65.8 Å². The number of carbonyl (C=O) groups is 4. The van der Waals surface area contributed by atoms with E-state index in [4.69, 9.17) is 59.5 Å². The van der Waals surface area contributed by atoms with E-state index in [1.165, 1.54) is 17.5 Å². The fourth-order valence-corrected chi connectivity index (χ4v) is 12.1. The number of hydrazine groups is 4. The smallest absolute Gasteiger partial charge is 0.435 e. The van der Waals surface area contributed by atoms with Crippen LogP contribution in [0.5, 0.6) is 0 Å². The number of aromatic amines is 1. The second-order valence-corrected chi connectivity index (χ2v) is 30.9. The highest BCUT2D eigenvalue weighted by molar-refractivity contribution is 6.40. The maximum atomic E-state index is 13.0. The van der Waals surface area contributed by atoms with E-state index in [9.17, 15) is 19.2 Å². The highest BCUT2D eigenvalue weighted by atomic mass is 35.5. The van der Waals surface area contributed by atoms with Gasteiger partial charge in [0.1, 0.15) is 33.8 Å². The van der Waals surface area contributed by atoms with Crippen molar-refractivity contribution in [2.45, 2.75) is 162 Å². The van der Waals surface area contributed by atoms with Crippen LogP contribution in [-0.2, 0) is 18.9 Å². The molecule has 8 aromatic rings. The van der Waals surface area contributed by atoms with Crippen LogP contribution >= 0.6 is 23.2 Å². The van der Waals surface area contributed by atoms with E-state index < -0.39 is 34.6 Å². The van der Waals surface area contributed by atoms with E-state index in [2.05, 4.69) is 108 Å². The Hall–Kier alpha value is -11.0. The molecule has 31 heteroatoms. The van der Waals surface area contributed by atoms with Crippen LogP contribution in [0.15, 0.2) is 146 Å². The first-order valence-electron chi connectivity index (χ1n) is 35.9. The molecule has 3 aromatic carbocycles. The van der Waals surface area contributed by atoms with E-state index >= 15 is 0 Å². The minimum atomic E-state index is -0.655. The number of piperidine rings is 3. The number of pyridine rings is 3. The van der Waals surface area contributed by atoms with Crippen LogP contribution in [0.3, 0.4) is 0 Å². The maximum absolute atomic E-state index is 13.0. The van der Waals surface area contributed by atoms with Gasteiger partial charge in [0.2, 0.25) is 0 Å². The second-order valence-electron chi connectivity index (χ2n) is 30.0. The molecule has 0 saturated carbocycles. The van der Waals surface area contributed by atoms with Crippen LogP contribution in [0.4, 0.5) is 24.9 Å². The third-order valence-corrected chi connectivity index (χ3v) is 16.9. The monoisotopic (exact) mass is 1530 g/mol. The number of aromatic nitrogens is 7. The molecule has 3 amide bonds. The number of azide groups is 1. The van der Waals surface area contributed by atoms with Crippen LogP contribution < -0.4 is 32.6 Å². The molecular weight excluding hydrogens is 1430 g/mol. The number of carbonyl (C=O) groups excluding carboxylic acids is 4. The molecule has 13 rings (SSSR count). The molecule has 5 aliphatic rings. The molecular formula is C78H97Cl2N21O8. The van der Waals surface area contributed by atoms with E-state index in [1.807, 2.05) is 116 Å². The van der Waals surface area contributed by atoms with Crippen LogP contribution in [-0.4, -0.2) is 170 Å². The van der Waals surface area contributed by atoms with Crippen molar-refractivity contribution in [3.63, 3.8) is 0 Å². The summed E-state index contributed by atoms with van der Waals surface area (Å²) in [6, 6.07) is 28.8. The first-order chi connectivity index (χ1) is 51.9. The zero-order chi connectivity index (χ0) is 78.6. The van der Waals surface area contributed by atoms with Gasteiger partial charge in [0.05, 0.1) is 57.3 Å². The first kappa shape index (κ1) is 82.1. The third kappa shape index (κ3) is 23.8. The standard InChI is InChI=1S/C29H37N7O4.C19H21N7.C19H19N3O2.C10H18N4O2.CH2Cl2/c1-28(2,3)39-26(37)34-15-7-8-21(17-34)35-18-23(31-33-35)20-9-10-24-22(16-20)25(19-11-13-30-14-12-19)32-36(24)27(38)40-29(4,5)6;1-2-15(11-21-7-1)26-12-18(23-25-26)14-3-4-17-16(10-14)19(24-22-17)13-5-8-20-9-6-13;1-5-13-6-7-16(22-18(23)24-19(2,3)4)15(12-13)17(20)14-8-10-21-11-9-14;1-10(2,3)16-9(15)14-6-4-5-8(7-14)12-13-11;2-1-3/h9-14,16,18,21,31,33H,7-8,15,17H2,1-6H3;3-6,8-10,12,15,21,23,25H,1-2,7,11H2,(H,22,24);1,6-12,20H,2-4H3,(H,22,23);8H,4-7H2,1-3H3;1H2/t21-;15-;;8-;/m11.1./s1. The number of terminal acetylenes is 1. The Balaban J connectivity index is 0.000000174. The summed E-state index contributed by atoms with van der Waals surface area (Å²) >= 11 is 9.53. The topological polar surface area (TPSA) is 348 Å². The molecule has 5 aliphatic heterocycles. The van der Waals surface area contributed by atoms with Gasteiger partial charge in [-0.1, -0.05) is 23.2 Å². The molecule has 29 nitrogen and oxygen atoms in total. The fraction of sp³-hybridized carbons (Fsp3) is 0.410. The van der Waals surface area contributed by atoms with Gasteiger partial charge in [-0.15, -0.1) is 40.7 Å². The number of hydrogen-bond acceptors (Lipinski definition) is 22. The lowest BCUT2D eigenvalue weighted by molar-refractivity contribution is 0.0106. The average molecular weight is 1530 g/mol. The van der Waals surface area contributed by atoms with Gasteiger partial charge in [0.25, 0.3) is 0 Å². The summed E-state index contributed by atoms with van der Waals surface area (Å²) in [6.07, 6.45) is 24.0. The number of nitrogens with one attached hydrogen (secondary N) is 8.